The van der Waals surface area contributed by atoms with Crippen molar-refractivity contribution in [1.82, 2.24) is 10.3 Å². The number of carbonyl (C=O) groups excluding carboxylic acids is 2. The summed E-state index contributed by atoms with van der Waals surface area (Å²) in [7, 11) is 0. The number of aldehydes is 1. The van der Waals surface area contributed by atoms with Crippen molar-refractivity contribution >= 4 is 23.7 Å². The van der Waals surface area contributed by atoms with Gasteiger partial charge in [0.15, 0.2) is 0 Å². The van der Waals surface area contributed by atoms with Gasteiger partial charge < -0.3 is 19.9 Å². The Hall–Kier alpha value is -3.67. The molecule has 4 rings (SSSR count). The van der Waals surface area contributed by atoms with E-state index in [0.29, 0.717) is 17.8 Å². The molecule has 0 aliphatic carbocycles. The maximum Gasteiger partial charge on any atom is 0.255 e. The zero-order chi connectivity index (χ0) is 22.3. The number of nitrogens with one attached hydrogen (secondary N) is 1. The van der Waals surface area contributed by atoms with Crippen LogP contribution in [0.25, 0.3) is 0 Å². The third-order valence-corrected chi connectivity index (χ3v) is 5.79. The molecule has 164 valence electrons. The lowest BCUT2D eigenvalue weighted by atomic mass is 10.1. The third kappa shape index (κ3) is 5.14. The van der Waals surface area contributed by atoms with E-state index < -0.39 is 6.04 Å². The van der Waals surface area contributed by atoms with Crippen LogP contribution in [0.15, 0.2) is 72.9 Å². The average Bonchev–Trinajstić information content (AvgIpc) is 2.85. The highest BCUT2D eigenvalue weighted by molar-refractivity contribution is 6.00. The molecule has 1 amide bonds. The second-order valence-corrected chi connectivity index (χ2v) is 8.09. The Bertz CT molecular complexity index is 1040. The first-order valence-electron chi connectivity index (χ1n) is 11.0. The minimum Gasteiger partial charge on any atom is -0.368 e. The maximum atomic E-state index is 13.0. The van der Waals surface area contributed by atoms with Crippen LogP contribution in [0.4, 0.5) is 11.5 Å². The molecule has 3 aromatic rings. The van der Waals surface area contributed by atoms with E-state index in [1.807, 2.05) is 30.3 Å². The molecule has 1 N–H and O–H groups in total. The molecular formula is C26H28N4O2. The van der Waals surface area contributed by atoms with E-state index >= 15 is 0 Å². The molecule has 1 aliphatic heterocycles. The Morgan fingerprint density at radius 1 is 0.969 bits per heavy atom. The van der Waals surface area contributed by atoms with Gasteiger partial charge in [0.2, 0.25) is 0 Å². The fourth-order valence-corrected chi connectivity index (χ4v) is 4.01. The smallest absolute Gasteiger partial charge is 0.255 e. The van der Waals surface area contributed by atoms with Gasteiger partial charge in [-0.3, -0.25) is 4.79 Å². The van der Waals surface area contributed by atoms with Crippen LogP contribution in [-0.2, 0) is 11.2 Å². The number of pyridine rings is 1. The first-order chi connectivity index (χ1) is 15.6. The van der Waals surface area contributed by atoms with Crippen LogP contribution in [0.2, 0.25) is 0 Å². The van der Waals surface area contributed by atoms with E-state index in [1.165, 1.54) is 11.3 Å². The number of rotatable bonds is 7. The molecule has 1 saturated heterocycles. The Labute approximate surface area is 188 Å². The molecule has 32 heavy (non-hydrogen) atoms. The lowest BCUT2D eigenvalue weighted by Crippen LogP contribution is -2.47. The molecule has 2 heterocycles. The number of anilines is 2. The molecule has 1 aromatic heterocycles. The topological polar surface area (TPSA) is 65.5 Å². The van der Waals surface area contributed by atoms with Crippen molar-refractivity contribution in [2.24, 2.45) is 0 Å². The number of hydrogen-bond acceptors (Lipinski definition) is 5. The summed E-state index contributed by atoms with van der Waals surface area (Å²) in [5, 5.41) is 2.87. The van der Waals surface area contributed by atoms with Crippen molar-refractivity contribution in [3.63, 3.8) is 0 Å². The van der Waals surface area contributed by atoms with E-state index in [0.717, 1.165) is 38.0 Å². The fourth-order valence-electron chi connectivity index (χ4n) is 4.01. The molecule has 0 spiro atoms. The first kappa shape index (κ1) is 21.6. The van der Waals surface area contributed by atoms with Crippen LogP contribution in [-0.4, -0.2) is 49.4 Å². The van der Waals surface area contributed by atoms with Crippen LogP contribution in [0.3, 0.4) is 0 Å². The standard InChI is InChI=1S/C26H28N4O2/c1-20-9-11-23(12-10-20)29-14-16-30(17-15-29)25-24(8-5-13-27-25)26(32)28-22(19-31)18-21-6-3-2-4-7-21/h2-13,19,22H,14-18H2,1H3,(H,28,32). The van der Waals surface area contributed by atoms with Crippen LogP contribution in [0, 0.1) is 6.92 Å². The molecule has 6 nitrogen and oxygen atoms in total. The van der Waals surface area contributed by atoms with Crippen molar-refractivity contribution < 1.29 is 9.59 Å². The van der Waals surface area contributed by atoms with Crippen LogP contribution in [0.1, 0.15) is 21.5 Å². The van der Waals surface area contributed by atoms with E-state index in [-0.39, 0.29) is 5.91 Å². The quantitative estimate of drug-likeness (QED) is 0.585. The Morgan fingerprint density at radius 3 is 2.34 bits per heavy atom. The lowest BCUT2D eigenvalue weighted by molar-refractivity contribution is -0.109. The van der Waals surface area contributed by atoms with Gasteiger partial charge in [-0.1, -0.05) is 48.0 Å². The van der Waals surface area contributed by atoms with Crippen LogP contribution in [0.5, 0.6) is 0 Å². The number of carbonyl (C=O) groups is 2. The highest BCUT2D eigenvalue weighted by Gasteiger charge is 2.24. The Balaban J connectivity index is 1.42. The summed E-state index contributed by atoms with van der Waals surface area (Å²) < 4.78 is 0. The number of amides is 1. The predicted octanol–water partition coefficient (Wildman–Crippen LogP) is 3.26. The van der Waals surface area contributed by atoms with Crippen molar-refractivity contribution in [2.75, 3.05) is 36.0 Å². The third-order valence-electron chi connectivity index (χ3n) is 5.79. The van der Waals surface area contributed by atoms with Gasteiger partial charge in [-0.2, -0.15) is 0 Å². The molecule has 0 radical (unpaired) electrons. The van der Waals surface area contributed by atoms with Gasteiger partial charge in [0.1, 0.15) is 12.1 Å². The van der Waals surface area contributed by atoms with E-state index in [4.69, 9.17) is 0 Å². The number of piperazine rings is 1. The number of aromatic nitrogens is 1. The number of hydrogen-bond donors (Lipinski definition) is 1. The Kier molecular flexibility index (Phi) is 6.80. The molecule has 1 atom stereocenters. The van der Waals surface area contributed by atoms with Gasteiger partial charge in [-0.25, -0.2) is 4.98 Å². The molecule has 1 unspecified atom stereocenters. The van der Waals surface area contributed by atoms with E-state index in [9.17, 15) is 9.59 Å². The summed E-state index contributed by atoms with van der Waals surface area (Å²) in [6.07, 6.45) is 2.96. The minimum absolute atomic E-state index is 0.276. The first-order valence-corrected chi connectivity index (χ1v) is 11.0. The average molecular weight is 429 g/mol. The molecule has 0 bridgehead atoms. The highest BCUT2D eigenvalue weighted by Crippen LogP contribution is 2.22. The monoisotopic (exact) mass is 428 g/mol. The summed E-state index contributed by atoms with van der Waals surface area (Å²) in [6, 6.07) is 21.2. The Morgan fingerprint density at radius 2 is 1.66 bits per heavy atom. The summed E-state index contributed by atoms with van der Waals surface area (Å²) in [5.41, 5.74) is 3.96. The molecule has 1 fully saturated rings. The fraction of sp³-hybridized carbons (Fsp3) is 0.269. The zero-order valence-electron chi connectivity index (χ0n) is 18.3. The largest absolute Gasteiger partial charge is 0.368 e. The summed E-state index contributed by atoms with van der Waals surface area (Å²) >= 11 is 0. The number of aryl methyl sites for hydroxylation is 1. The van der Waals surface area contributed by atoms with Crippen molar-refractivity contribution in [3.05, 3.63) is 89.6 Å². The van der Waals surface area contributed by atoms with Crippen molar-refractivity contribution in [2.45, 2.75) is 19.4 Å². The van der Waals surface area contributed by atoms with Gasteiger partial charge >= 0.3 is 0 Å². The van der Waals surface area contributed by atoms with E-state index in [1.54, 1.807) is 18.3 Å². The summed E-state index contributed by atoms with van der Waals surface area (Å²) in [6.45, 7) is 5.33. The molecular weight excluding hydrogens is 400 g/mol. The summed E-state index contributed by atoms with van der Waals surface area (Å²) in [5.74, 6) is 0.389. The SMILES string of the molecule is Cc1ccc(N2CCN(c3ncccc3C(=O)NC(C=O)Cc3ccccc3)CC2)cc1. The van der Waals surface area contributed by atoms with Gasteiger partial charge in [0, 0.05) is 38.1 Å². The molecule has 1 aliphatic rings. The molecule has 2 aromatic carbocycles. The highest BCUT2D eigenvalue weighted by atomic mass is 16.2. The van der Waals surface area contributed by atoms with Crippen molar-refractivity contribution in [1.29, 1.82) is 0 Å². The maximum absolute atomic E-state index is 13.0. The normalized spacial score (nSPS) is 14.7. The van der Waals surface area contributed by atoms with Crippen LogP contribution < -0.4 is 15.1 Å². The molecule has 6 heteroatoms. The van der Waals surface area contributed by atoms with Gasteiger partial charge in [0.25, 0.3) is 5.91 Å². The minimum atomic E-state index is -0.587. The van der Waals surface area contributed by atoms with E-state index in [2.05, 4.69) is 51.3 Å². The van der Waals surface area contributed by atoms with Gasteiger partial charge in [-0.05, 0) is 43.2 Å². The van der Waals surface area contributed by atoms with Gasteiger partial charge in [-0.15, -0.1) is 0 Å². The summed E-state index contributed by atoms with van der Waals surface area (Å²) in [4.78, 5) is 33.6. The van der Waals surface area contributed by atoms with Gasteiger partial charge in [0.05, 0.1) is 11.6 Å². The second-order valence-electron chi connectivity index (χ2n) is 8.09. The predicted molar refractivity (Wildman–Crippen MR) is 127 cm³/mol. The molecule has 0 saturated carbocycles. The number of nitrogens with zero attached hydrogens (tertiary/aromatic N) is 3. The lowest BCUT2D eigenvalue weighted by Gasteiger charge is -2.37. The van der Waals surface area contributed by atoms with Crippen molar-refractivity contribution in [3.8, 4) is 0 Å². The zero-order valence-corrected chi connectivity index (χ0v) is 18.3. The van der Waals surface area contributed by atoms with Crippen LogP contribution >= 0.6 is 0 Å². The number of benzene rings is 2. The second kappa shape index (κ2) is 10.1.